The van der Waals surface area contributed by atoms with Gasteiger partial charge in [0.1, 0.15) is 0 Å². The fraction of sp³-hybridized carbons (Fsp3) is 0.0769. The summed E-state index contributed by atoms with van der Waals surface area (Å²) >= 11 is 5.93. The molecule has 1 atom stereocenters. The summed E-state index contributed by atoms with van der Waals surface area (Å²) in [6.45, 7) is 0. The van der Waals surface area contributed by atoms with E-state index < -0.39 is 10.8 Å². The average molecular weight is 251 g/mol. The summed E-state index contributed by atoms with van der Waals surface area (Å²) in [6, 6.07) is 15.4. The van der Waals surface area contributed by atoms with Crippen molar-refractivity contribution < 1.29 is 4.21 Å². The van der Waals surface area contributed by atoms with E-state index in [0.717, 1.165) is 21.0 Å². The lowest BCUT2D eigenvalue weighted by molar-refractivity contribution is 0.687. The second-order valence-electron chi connectivity index (χ2n) is 3.49. The normalized spacial score (nSPS) is 12.4. The Hall–Kier alpha value is -1.12. The standard InChI is InChI=1S/C13H11ClOS/c1-16(15)13-7-5-10(6-8-13)11-3-2-4-12(14)9-11/h2-9H,1H3. The van der Waals surface area contributed by atoms with E-state index in [2.05, 4.69) is 0 Å². The molecule has 0 amide bonds. The third-order valence-corrected chi connectivity index (χ3v) is 3.52. The highest BCUT2D eigenvalue weighted by Crippen LogP contribution is 2.23. The number of hydrogen-bond donors (Lipinski definition) is 0. The smallest absolute Gasteiger partial charge is 0.0498 e. The first-order valence-electron chi connectivity index (χ1n) is 4.86. The molecule has 0 heterocycles. The zero-order valence-corrected chi connectivity index (χ0v) is 10.4. The third kappa shape index (κ3) is 2.52. The third-order valence-electron chi connectivity index (χ3n) is 2.34. The van der Waals surface area contributed by atoms with Gasteiger partial charge in [0, 0.05) is 27.0 Å². The van der Waals surface area contributed by atoms with Crippen LogP contribution in [-0.2, 0) is 10.8 Å². The second-order valence-corrected chi connectivity index (χ2v) is 5.30. The minimum Gasteiger partial charge on any atom is -0.255 e. The van der Waals surface area contributed by atoms with Crippen LogP contribution >= 0.6 is 11.6 Å². The van der Waals surface area contributed by atoms with Crippen LogP contribution in [-0.4, -0.2) is 10.5 Å². The van der Waals surface area contributed by atoms with Gasteiger partial charge in [0.05, 0.1) is 0 Å². The van der Waals surface area contributed by atoms with Crippen LogP contribution in [0.4, 0.5) is 0 Å². The van der Waals surface area contributed by atoms with E-state index in [9.17, 15) is 4.21 Å². The monoisotopic (exact) mass is 250 g/mol. The van der Waals surface area contributed by atoms with Crippen molar-refractivity contribution in [2.75, 3.05) is 6.26 Å². The minimum atomic E-state index is -0.924. The van der Waals surface area contributed by atoms with Crippen LogP contribution < -0.4 is 0 Å². The fourth-order valence-electron chi connectivity index (χ4n) is 1.51. The largest absolute Gasteiger partial charge is 0.255 e. The second kappa shape index (κ2) is 4.81. The molecule has 2 aromatic rings. The Morgan fingerprint density at radius 3 is 2.25 bits per heavy atom. The topological polar surface area (TPSA) is 17.1 Å². The summed E-state index contributed by atoms with van der Waals surface area (Å²) in [7, 11) is -0.924. The zero-order chi connectivity index (χ0) is 11.5. The van der Waals surface area contributed by atoms with Crippen molar-refractivity contribution in [2.45, 2.75) is 4.90 Å². The summed E-state index contributed by atoms with van der Waals surface area (Å²) in [5.74, 6) is 0. The molecule has 1 unspecified atom stereocenters. The van der Waals surface area contributed by atoms with Crippen LogP contribution in [0.25, 0.3) is 11.1 Å². The Balaban J connectivity index is 2.38. The van der Waals surface area contributed by atoms with Gasteiger partial charge >= 0.3 is 0 Å². The van der Waals surface area contributed by atoms with Gasteiger partial charge in [0.15, 0.2) is 0 Å². The Bertz CT molecular complexity index is 520. The molecule has 0 bridgehead atoms. The quantitative estimate of drug-likeness (QED) is 0.794. The van der Waals surface area contributed by atoms with Gasteiger partial charge in [-0.1, -0.05) is 35.9 Å². The van der Waals surface area contributed by atoms with Gasteiger partial charge in [0.2, 0.25) is 0 Å². The first kappa shape index (κ1) is 11.4. The van der Waals surface area contributed by atoms with Crippen molar-refractivity contribution in [1.82, 2.24) is 0 Å². The lowest BCUT2D eigenvalue weighted by atomic mass is 10.1. The van der Waals surface area contributed by atoms with Crippen LogP contribution in [0.15, 0.2) is 53.4 Å². The van der Waals surface area contributed by atoms with E-state index in [-0.39, 0.29) is 0 Å². The molecule has 0 N–H and O–H groups in total. The van der Waals surface area contributed by atoms with Gasteiger partial charge in [-0.3, -0.25) is 4.21 Å². The van der Waals surface area contributed by atoms with Crippen LogP contribution in [0.3, 0.4) is 0 Å². The van der Waals surface area contributed by atoms with Gasteiger partial charge in [-0.05, 0) is 35.4 Å². The maximum atomic E-state index is 11.2. The molecule has 0 fully saturated rings. The number of benzene rings is 2. The van der Waals surface area contributed by atoms with Crippen molar-refractivity contribution in [2.24, 2.45) is 0 Å². The lowest BCUT2D eigenvalue weighted by Gasteiger charge is -2.03. The molecule has 0 saturated carbocycles. The van der Waals surface area contributed by atoms with Gasteiger partial charge in [0.25, 0.3) is 0 Å². The van der Waals surface area contributed by atoms with E-state index in [1.165, 1.54) is 0 Å². The molecular formula is C13H11ClOS. The van der Waals surface area contributed by atoms with Crippen molar-refractivity contribution >= 4 is 22.4 Å². The van der Waals surface area contributed by atoms with Crippen molar-refractivity contribution in [3.8, 4) is 11.1 Å². The summed E-state index contributed by atoms with van der Waals surface area (Å²) in [4.78, 5) is 0.839. The number of halogens is 1. The molecule has 1 nitrogen and oxygen atoms in total. The highest BCUT2D eigenvalue weighted by molar-refractivity contribution is 7.84. The zero-order valence-electron chi connectivity index (χ0n) is 8.81. The van der Waals surface area contributed by atoms with Gasteiger partial charge in [-0.25, -0.2) is 0 Å². The highest BCUT2D eigenvalue weighted by atomic mass is 35.5. The van der Waals surface area contributed by atoms with E-state index >= 15 is 0 Å². The molecule has 0 aromatic heterocycles. The molecule has 16 heavy (non-hydrogen) atoms. The van der Waals surface area contributed by atoms with Crippen LogP contribution in [0.1, 0.15) is 0 Å². The van der Waals surface area contributed by atoms with Gasteiger partial charge in [-0.15, -0.1) is 0 Å². The van der Waals surface area contributed by atoms with Crippen LogP contribution in [0.2, 0.25) is 5.02 Å². The van der Waals surface area contributed by atoms with Crippen molar-refractivity contribution in [3.05, 3.63) is 53.6 Å². The molecule has 0 saturated heterocycles. The molecule has 2 rings (SSSR count). The first-order chi connectivity index (χ1) is 7.66. The van der Waals surface area contributed by atoms with Gasteiger partial charge < -0.3 is 0 Å². The summed E-state index contributed by atoms with van der Waals surface area (Å²) < 4.78 is 11.2. The molecule has 3 heteroatoms. The lowest BCUT2D eigenvalue weighted by Crippen LogP contribution is -1.86. The molecule has 2 aromatic carbocycles. The molecular weight excluding hydrogens is 240 g/mol. The van der Waals surface area contributed by atoms with E-state index in [4.69, 9.17) is 11.6 Å². The molecule has 0 aliphatic heterocycles. The predicted molar refractivity (Wildman–Crippen MR) is 69.2 cm³/mol. The molecule has 0 aliphatic carbocycles. The molecule has 0 aliphatic rings. The van der Waals surface area contributed by atoms with Crippen LogP contribution in [0, 0.1) is 0 Å². The average Bonchev–Trinajstić information content (AvgIpc) is 2.29. The van der Waals surface area contributed by atoms with Crippen LogP contribution in [0.5, 0.6) is 0 Å². The first-order valence-corrected chi connectivity index (χ1v) is 6.80. The highest BCUT2D eigenvalue weighted by Gasteiger charge is 2.00. The maximum Gasteiger partial charge on any atom is 0.0498 e. The van der Waals surface area contributed by atoms with E-state index in [1.54, 1.807) is 6.26 Å². The Morgan fingerprint density at radius 1 is 1.00 bits per heavy atom. The molecule has 0 radical (unpaired) electrons. The molecule has 0 spiro atoms. The Morgan fingerprint density at radius 2 is 1.69 bits per heavy atom. The van der Waals surface area contributed by atoms with Crippen molar-refractivity contribution in [3.63, 3.8) is 0 Å². The van der Waals surface area contributed by atoms with E-state index in [0.29, 0.717) is 0 Å². The van der Waals surface area contributed by atoms with Crippen molar-refractivity contribution in [1.29, 1.82) is 0 Å². The van der Waals surface area contributed by atoms with E-state index in [1.807, 2.05) is 48.5 Å². The SMILES string of the molecule is CS(=O)c1ccc(-c2cccc(Cl)c2)cc1. The Kier molecular flexibility index (Phi) is 3.42. The predicted octanol–water partition coefficient (Wildman–Crippen LogP) is 3.74. The Labute approximate surface area is 103 Å². The summed E-state index contributed by atoms with van der Waals surface area (Å²) in [5.41, 5.74) is 2.15. The number of rotatable bonds is 2. The minimum absolute atomic E-state index is 0.723. The summed E-state index contributed by atoms with van der Waals surface area (Å²) in [6.07, 6.45) is 1.67. The molecule has 82 valence electrons. The number of hydrogen-bond acceptors (Lipinski definition) is 1. The van der Waals surface area contributed by atoms with Gasteiger partial charge in [-0.2, -0.15) is 0 Å². The maximum absolute atomic E-state index is 11.2. The summed E-state index contributed by atoms with van der Waals surface area (Å²) in [5, 5.41) is 0.723. The fourth-order valence-corrected chi connectivity index (χ4v) is 2.22.